The minimum Gasteiger partial charge on any atom is -0.340 e. The van der Waals surface area contributed by atoms with Gasteiger partial charge in [-0.3, -0.25) is 4.79 Å². The number of hydrogen-bond acceptors (Lipinski definition) is 2. The van der Waals surface area contributed by atoms with Crippen LogP contribution in [-0.4, -0.2) is 41.6 Å². The van der Waals surface area contributed by atoms with Gasteiger partial charge in [-0.15, -0.1) is 0 Å². The van der Waals surface area contributed by atoms with E-state index in [0.29, 0.717) is 6.04 Å². The SMILES string of the molecule is O=C(c1cccn1C1CCC1)N1CCNCC1. The molecule has 17 heavy (non-hydrogen) atoms. The van der Waals surface area contributed by atoms with Crippen molar-refractivity contribution in [1.29, 1.82) is 0 Å². The highest BCUT2D eigenvalue weighted by molar-refractivity contribution is 5.93. The number of nitrogens with one attached hydrogen (secondary N) is 1. The van der Waals surface area contributed by atoms with Crippen LogP contribution < -0.4 is 5.32 Å². The van der Waals surface area contributed by atoms with E-state index in [9.17, 15) is 4.79 Å². The van der Waals surface area contributed by atoms with E-state index in [4.69, 9.17) is 0 Å². The van der Waals surface area contributed by atoms with Gasteiger partial charge in [-0.2, -0.15) is 0 Å². The first kappa shape index (κ1) is 10.8. The van der Waals surface area contributed by atoms with Gasteiger partial charge in [0.05, 0.1) is 0 Å². The normalized spacial score (nSPS) is 21.3. The number of carbonyl (C=O) groups is 1. The smallest absolute Gasteiger partial charge is 0.270 e. The van der Waals surface area contributed by atoms with Gasteiger partial charge in [0.1, 0.15) is 5.69 Å². The summed E-state index contributed by atoms with van der Waals surface area (Å²) < 4.78 is 2.17. The molecule has 1 aromatic heterocycles. The minimum absolute atomic E-state index is 0.198. The number of piperazine rings is 1. The third-order valence-corrected chi connectivity index (χ3v) is 3.87. The number of rotatable bonds is 2. The lowest BCUT2D eigenvalue weighted by Crippen LogP contribution is -2.47. The van der Waals surface area contributed by atoms with Crippen LogP contribution in [0.2, 0.25) is 0 Å². The van der Waals surface area contributed by atoms with Crippen molar-refractivity contribution in [2.45, 2.75) is 25.3 Å². The van der Waals surface area contributed by atoms with E-state index in [1.165, 1.54) is 19.3 Å². The van der Waals surface area contributed by atoms with E-state index < -0.39 is 0 Å². The van der Waals surface area contributed by atoms with Crippen LogP contribution in [0.3, 0.4) is 0 Å². The largest absolute Gasteiger partial charge is 0.340 e. The van der Waals surface area contributed by atoms with E-state index in [2.05, 4.69) is 16.1 Å². The fourth-order valence-corrected chi connectivity index (χ4v) is 2.59. The number of aromatic nitrogens is 1. The van der Waals surface area contributed by atoms with Gasteiger partial charge in [0.25, 0.3) is 5.91 Å². The Labute approximate surface area is 102 Å². The number of nitrogens with zero attached hydrogens (tertiary/aromatic N) is 2. The molecule has 0 radical (unpaired) electrons. The molecule has 4 heteroatoms. The Morgan fingerprint density at radius 2 is 2.06 bits per heavy atom. The van der Waals surface area contributed by atoms with Gasteiger partial charge in [0, 0.05) is 38.4 Å². The first-order valence-electron chi connectivity index (χ1n) is 6.53. The zero-order valence-corrected chi connectivity index (χ0v) is 10.1. The van der Waals surface area contributed by atoms with E-state index in [0.717, 1.165) is 31.9 Å². The van der Waals surface area contributed by atoms with Crippen LogP contribution in [0.1, 0.15) is 35.8 Å². The van der Waals surface area contributed by atoms with Gasteiger partial charge < -0.3 is 14.8 Å². The number of hydrogen-bond donors (Lipinski definition) is 1. The maximum Gasteiger partial charge on any atom is 0.270 e. The van der Waals surface area contributed by atoms with E-state index in [1.807, 2.05) is 17.0 Å². The topological polar surface area (TPSA) is 37.3 Å². The Kier molecular flexibility index (Phi) is 2.89. The molecule has 1 aliphatic carbocycles. The summed E-state index contributed by atoms with van der Waals surface area (Å²) in [7, 11) is 0. The van der Waals surface area contributed by atoms with Gasteiger partial charge in [-0.05, 0) is 31.4 Å². The summed E-state index contributed by atoms with van der Waals surface area (Å²) in [4.78, 5) is 14.4. The van der Waals surface area contributed by atoms with E-state index >= 15 is 0 Å². The molecule has 92 valence electrons. The first-order chi connectivity index (χ1) is 8.36. The molecular formula is C13H19N3O. The molecular weight excluding hydrogens is 214 g/mol. The predicted molar refractivity (Wildman–Crippen MR) is 66.1 cm³/mol. The molecule has 1 saturated heterocycles. The maximum atomic E-state index is 12.4. The van der Waals surface area contributed by atoms with Gasteiger partial charge in [0.2, 0.25) is 0 Å². The lowest BCUT2D eigenvalue weighted by Gasteiger charge is -2.32. The predicted octanol–water partition coefficient (Wildman–Crippen LogP) is 1.26. The van der Waals surface area contributed by atoms with Crippen LogP contribution in [0.15, 0.2) is 18.3 Å². The summed E-state index contributed by atoms with van der Waals surface area (Å²) in [5, 5.41) is 3.27. The third-order valence-electron chi connectivity index (χ3n) is 3.87. The molecule has 0 spiro atoms. The average molecular weight is 233 g/mol. The van der Waals surface area contributed by atoms with E-state index in [-0.39, 0.29) is 5.91 Å². The summed E-state index contributed by atoms with van der Waals surface area (Å²) in [5.41, 5.74) is 0.872. The maximum absolute atomic E-state index is 12.4. The Balaban J connectivity index is 1.78. The lowest BCUT2D eigenvalue weighted by molar-refractivity contribution is 0.0719. The monoisotopic (exact) mass is 233 g/mol. The zero-order chi connectivity index (χ0) is 11.7. The third kappa shape index (κ3) is 1.97. The van der Waals surface area contributed by atoms with Crippen molar-refractivity contribution < 1.29 is 4.79 Å². The van der Waals surface area contributed by atoms with E-state index in [1.54, 1.807) is 0 Å². The van der Waals surface area contributed by atoms with Crippen molar-refractivity contribution in [2.75, 3.05) is 26.2 Å². The zero-order valence-electron chi connectivity index (χ0n) is 10.1. The molecule has 0 atom stereocenters. The van der Waals surface area contributed by atoms with Crippen molar-refractivity contribution in [1.82, 2.24) is 14.8 Å². The fraction of sp³-hybridized carbons (Fsp3) is 0.615. The second-order valence-corrected chi connectivity index (χ2v) is 4.93. The van der Waals surface area contributed by atoms with Crippen molar-refractivity contribution in [3.8, 4) is 0 Å². The molecule has 1 N–H and O–H groups in total. The average Bonchev–Trinajstić information content (AvgIpc) is 2.76. The lowest BCUT2D eigenvalue weighted by atomic mass is 9.93. The molecule has 0 aromatic carbocycles. The molecule has 2 heterocycles. The quantitative estimate of drug-likeness (QED) is 0.835. The first-order valence-corrected chi connectivity index (χ1v) is 6.53. The van der Waals surface area contributed by atoms with Crippen molar-refractivity contribution in [2.24, 2.45) is 0 Å². The number of amides is 1. The summed E-state index contributed by atoms with van der Waals surface area (Å²) in [5.74, 6) is 0.198. The molecule has 0 bridgehead atoms. The second-order valence-electron chi connectivity index (χ2n) is 4.93. The fourth-order valence-electron chi connectivity index (χ4n) is 2.59. The summed E-state index contributed by atoms with van der Waals surface area (Å²) in [6.07, 6.45) is 5.79. The molecule has 1 amide bonds. The Hall–Kier alpha value is -1.29. The van der Waals surface area contributed by atoms with Crippen LogP contribution in [0.5, 0.6) is 0 Å². The van der Waals surface area contributed by atoms with Gasteiger partial charge in [0.15, 0.2) is 0 Å². The van der Waals surface area contributed by atoms with Crippen LogP contribution in [0, 0.1) is 0 Å². The highest BCUT2D eigenvalue weighted by Crippen LogP contribution is 2.32. The molecule has 1 saturated carbocycles. The summed E-state index contributed by atoms with van der Waals surface area (Å²) in [6.45, 7) is 3.48. The molecule has 3 rings (SSSR count). The second kappa shape index (κ2) is 4.53. The summed E-state index contributed by atoms with van der Waals surface area (Å²) >= 11 is 0. The Bertz CT molecular complexity index is 403. The molecule has 2 aliphatic rings. The molecule has 1 aromatic rings. The minimum atomic E-state index is 0.198. The standard InChI is InChI=1S/C13H19N3O/c17-13(15-9-6-14-7-10-15)12-5-2-8-16(12)11-3-1-4-11/h2,5,8,11,14H,1,3-4,6-7,9-10H2. The molecule has 2 fully saturated rings. The van der Waals surface area contributed by atoms with Gasteiger partial charge in [-0.25, -0.2) is 0 Å². The highest BCUT2D eigenvalue weighted by atomic mass is 16.2. The summed E-state index contributed by atoms with van der Waals surface area (Å²) in [6, 6.07) is 4.52. The molecule has 4 nitrogen and oxygen atoms in total. The van der Waals surface area contributed by atoms with Crippen LogP contribution in [-0.2, 0) is 0 Å². The highest BCUT2D eigenvalue weighted by Gasteiger charge is 2.26. The Morgan fingerprint density at radius 1 is 1.29 bits per heavy atom. The molecule has 0 unspecified atom stereocenters. The van der Waals surface area contributed by atoms with Crippen LogP contribution in [0.4, 0.5) is 0 Å². The van der Waals surface area contributed by atoms with Crippen molar-refractivity contribution in [3.63, 3.8) is 0 Å². The van der Waals surface area contributed by atoms with Gasteiger partial charge in [-0.1, -0.05) is 0 Å². The molecule has 1 aliphatic heterocycles. The van der Waals surface area contributed by atoms with Crippen LogP contribution in [0.25, 0.3) is 0 Å². The Morgan fingerprint density at radius 3 is 2.71 bits per heavy atom. The van der Waals surface area contributed by atoms with Gasteiger partial charge >= 0.3 is 0 Å². The van der Waals surface area contributed by atoms with Crippen molar-refractivity contribution >= 4 is 5.91 Å². The number of carbonyl (C=O) groups excluding carboxylic acids is 1. The van der Waals surface area contributed by atoms with Crippen LogP contribution >= 0.6 is 0 Å². The van der Waals surface area contributed by atoms with Crippen molar-refractivity contribution in [3.05, 3.63) is 24.0 Å².